The molecule has 26 heavy (non-hydrogen) atoms. The van der Waals surface area contributed by atoms with E-state index in [0.717, 1.165) is 43.4 Å². The van der Waals surface area contributed by atoms with Gasteiger partial charge < -0.3 is 10.2 Å². The quantitative estimate of drug-likeness (QED) is 0.747. The fourth-order valence-electron chi connectivity index (χ4n) is 3.73. The summed E-state index contributed by atoms with van der Waals surface area (Å²) in [6, 6.07) is 0. The minimum Gasteiger partial charge on any atom is -0.354 e. The summed E-state index contributed by atoms with van der Waals surface area (Å²) in [5.74, 6) is 2.01. The van der Waals surface area contributed by atoms with E-state index in [2.05, 4.69) is 61.6 Å². The van der Waals surface area contributed by atoms with Crippen molar-refractivity contribution in [3.63, 3.8) is 0 Å². The summed E-state index contributed by atoms with van der Waals surface area (Å²) in [7, 11) is 0. The summed E-state index contributed by atoms with van der Waals surface area (Å²) in [4.78, 5) is 23.2. The van der Waals surface area contributed by atoms with E-state index in [1.54, 1.807) is 12.4 Å². The molecule has 1 aromatic rings. The van der Waals surface area contributed by atoms with Crippen molar-refractivity contribution < 1.29 is 4.79 Å². The first-order valence-corrected chi connectivity index (χ1v) is 10.0. The zero-order valence-corrected chi connectivity index (χ0v) is 16.2. The van der Waals surface area contributed by atoms with Crippen LogP contribution in [0.3, 0.4) is 0 Å². The number of carbonyl (C=O) groups excluding carboxylic acids is 1. The summed E-state index contributed by atoms with van der Waals surface area (Å²) >= 11 is 3.34. The van der Waals surface area contributed by atoms with Gasteiger partial charge in [0, 0.05) is 37.9 Å². The van der Waals surface area contributed by atoms with Crippen LogP contribution in [0.15, 0.2) is 52.8 Å². The van der Waals surface area contributed by atoms with Gasteiger partial charge >= 0.3 is 0 Å². The Morgan fingerprint density at radius 2 is 2.00 bits per heavy atom. The van der Waals surface area contributed by atoms with E-state index in [0.29, 0.717) is 23.7 Å². The zero-order chi connectivity index (χ0) is 17.9. The summed E-state index contributed by atoms with van der Waals surface area (Å²) in [6.45, 7) is 2.56. The van der Waals surface area contributed by atoms with E-state index in [4.69, 9.17) is 0 Å². The fraction of sp³-hybridized carbons (Fsp3) is 0.450. The van der Waals surface area contributed by atoms with Crippen molar-refractivity contribution >= 4 is 27.8 Å². The van der Waals surface area contributed by atoms with E-state index in [1.807, 2.05) is 4.90 Å². The monoisotopic (exact) mass is 414 g/mol. The number of hydrogen-bond donors (Lipinski definition) is 1. The molecule has 2 atom stereocenters. The summed E-state index contributed by atoms with van der Waals surface area (Å²) in [6.07, 6.45) is 17.3. The maximum Gasteiger partial charge on any atom is 0.233 e. The van der Waals surface area contributed by atoms with Crippen molar-refractivity contribution in [3.05, 3.63) is 52.8 Å². The Hall–Kier alpha value is -1.95. The highest BCUT2D eigenvalue weighted by atomic mass is 79.9. The molecule has 1 saturated heterocycles. The molecule has 4 rings (SSSR count). The number of aromatic nitrogens is 2. The maximum atomic E-state index is 12.7. The van der Waals surface area contributed by atoms with Crippen molar-refractivity contribution in [2.75, 3.05) is 25.0 Å². The Morgan fingerprint density at radius 3 is 2.69 bits per heavy atom. The molecular formula is C20H23BrN4O. The minimum atomic E-state index is 0.0574. The molecule has 2 aliphatic carbocycles. The van der Waals surface area contributed by atoms with Crippen LogP contribution in [-0.2, 0) is 4.79 Å². The number of allylic oxidation sites excluding steroid dienone is 4. The average Bonchev–Trinajstić information content (AvgIpc) is 3.49. The molecule has 0 saturated carbocycles. The second-order valence-electron chi connectivity index (χ2n) is 7.17. The van der Waals surface area contributed by atoms with Gasteiger partial charge in [0.25, 0.3) is 0 Å². The molecule has 0 aromatic carbocycles. The summed E-state index contributed by atoms with van der Waals surface area (Å²) in [5.41, 5.74) is 1.31. The van der Waals surface area contributed by atoms with Crippen LogP contribution in [0.4, 0.5) is 5.95 Å². The third kappa shape index (κ3) is 4.06. The van der Waals surface area contributed by atoms with Gasteiger partial charge in [-0.25, -0.2) is 9.97 Å². The standard InChI is InChI=1S/C20H23BrN4O/c21-16-12-23-20(24-13-16)22-11-14-6-8-25(9-7-14)19(26)18-10-17(18)15-4-2-1-3-5-15/h1-4,10,12-15,18H,5-9,11H2,(H,22,23,24)/t15?,18-/m1/s1. The third-order valence-electron chi connectivity index (χ3n) is 5.38. The second-order valence-corrected chi connectivity index (χ2v) is 8.09. The maximum absolute atomic E-state index is 12.7. The third-order valence-corrected chi connectivity index (χ3v) is 5.79. The Balaban J connectivity index is 1.20. The fourth-order valence-corrected chi connectivity index (χ4v) is 3.94. The van der Waals surface area contributed by atoms with Gasteiger partial charge in [-0.15, -0.1) is 0 Å². The molecule has 0 bridgehead atoms. The van der Waals surface area contributed by atoms with Gasteiger partial charge in [0.05, 0.1) is 10.4 Å². The van der Waals surface area contributed by atoms with Crippen molar-refractivity contribution in [2.24, 2.45) is 17.8 Å². The molecule has 1 fully saturated rings. The molecule has 1 aliphatic heterocycles. The lowest BCUT2D eigenvalue weighted by Gasteiger charge is -2.32. The van der Waals surface area contributed by atoms with Gasteiger partial charge in [0.1, 0.15) is 0 Å². The first-order chi connectivity index (χ1) is 12.7. The smallest absolute Gasteiger partial charge is 0.233 e. The molecular weight excluding hydrogens is 392 g/mol. The minimum absolute atomic E-state index is 0.0574. The molecule has 2 heterocycles. The molecule has 1 unspecified atom stereocenters. The molecule has 0 spiro atoms. The molecule has 3 aliphatic rings. The molecule has 1 aromatic heterocycles. The van der Waals surface area contributed by atoms with Crippen LogP contribution in [0.2, 0.25) is 0 Å². The van der Waals surface area contributed by atoms with Crippen LogP contribution in [0, 0.1) is 17.8 Å². The Morgan fingerprint density at radius 1 is 1.23 bits per heavy atom. The van der Waals surface area contributed by atoms with Crippen molar-refractivity contribution in [1.29, 1.82) is 0 Å². The molecule has 1 amide bonds. The average molecular weight is 415 g/mol. The topological polar surface area (TPSA) is 58.1 Å². The van der Waals surface area contributed by atoms with Gasteiger partial charge in [-0.05, 0) is 46.7 Å². The second kappa shape index (κ2) is 7.74. The molecule has 6 heteroatoms. The number of carbonyl (C=O) groups is 1. The molecule has 136 valence electrons. The van der Waals surface area contributed by atoms with Crippen LogP contribution in [0.25, 0.3) is 0 Å². The largest absolute Gasteiger partial charge is 0.354 e. The number of piperidine rings is 1. The number of amides is 1. The number of nitrogens with zero attached hydrogens (tertiary/aromatic N) is 3. The lowest BCUT2D eigenvalue weighted by Crippen LogP contribution is -2.41. The van der Waals surface area contributed by atoms with E-state index in [-0.39, 0.29) is 5.92 Å². The van der Waals surface area contributed by atoms with E-state index in [1.165, 1.54) is 5.57 Å². The van der Waals surface area contributed by atoms with Gasteiger partial charge in [-0.1, -0.05) is 30.4 Å². The van der Waals surface area contributed by atoms with Crippen LogP contribution in [0.5, 0.6) is 0 Å². The van der Waals surface area contributed by atoms with Crippen LogP contribution in [0.1, 0.15) is 19.3 Å². The SMILES string of the molecule is O=C([C@@H]1C=C1C1C=CC=CC1)N1CCC(CNc2ncc(Br)cn2)CC1. The number of hydrogen-bond acceptors (Lipinski definition) is 4. The van der Waals surface area contributed by atoms with Crippen molar-refractivity contribution in [2.45, 2.75) is 19.3 Å². The Bertz CT molecular complexity index is 748. The van der Waals surface area contributed by atoms with E-state index < -0.39 is 0 Å². The summed E-state index contributed by atoms with van der Waals surface area (Å²) < 4.78 is 0.877. The zero-order valence-electron chi connectivity index (χ0n) is 14.6. The van der Waals surface area contributed by atoms with Crippen LogP contribution < -0.4 is 5.32 Å². The number of halogens is 1. The highest BCUT2D eigenvalue weighted by Crippen LogP contribution is 2.40. The highest BCUT2D eigenvalue weighted by Gasteiger charge is 2.39. The molecule has 0 radical (unpaired) electrons. The summed E-state index contributed by atoms with van der Waals surface area (Å²) in [5, 5.41) is 3.30. The van der Waals surface area contributed by atoms with Gasteiger partial charge in [0.2, 0.25) is 11.9 Å². The highest BCUT2D eigenvalue weighted by molar-refractivity contribution is 9.10. The normalized spacial score (nSPS) is 25.1. The lowest BCUT2D eigenvalue weighted by atomic mass is 9.94. The number of nitrogens with one attached hydrogen (secondary N) is 1. The Labute approximate surface area is 162 Å². The van der Waals surface area contributed by atoms with Crippen LogP contribution >= 0.6 is 15.9 Å². The van der Waals surface area contributed by atoms with Gasteiger partial charge in [0.15, 0.2) is 0 Å². The number of anilines is 1. The number of rotatable bonds is 5. The lowest BCUT2D eigenvalue weighted by molar-refractivity contribution is -0.133. The molecule has 5 nitrogen and oxygen atoms in total. The Kier molecular flexibility index (Phi) is 5.20. The van der Waals surface area contributed by atoms with Crippen molar-refractivity contribution in [1.82, 2.24) is 14.9 Å². The number of likely N-dealkylation sites (tertiary alicyclic amines) is 1. The first-order valence-electron chi connectivity index (χ1n) is 9.26. The predicted molar refractivity (Wildman–Crippen MR) is 105 cm³/mol. The van der Waals surface area contributed by atoms with Crippen LogP contribution in [-0.4, -0.2) is 40.4 Å². The molecule has 1 N–H and O–H groups in total. The van der Waals surface area contributed by atoms with Gasteiger partial charge in [-0.2, -0.15) is 0 Å². The van der Waals surface area contributed by atoms with E-state index >= 15 is 0 Å². The van der Waals surface area contributed by atoms with Crippen molar-refractivity contribution in [3.8, 4) is 0 Å². The van der Waals surface area contributed by atoms with Gasteiger partial charge in [-0.3, -0.25) is 4.79 Å². The first kappa shape index (κ1) is 17.5. The van der Waals surface area contributed by atoms with E-state index in [9.17, 15) is 4.79 Å². The predicted octanol–water partition coefficient (Wildman–Crippen LogP) is 3.58.